The second kappa shape index (κ2) is 10.8. The average Bonchev–Trinajstić information content (AvgIpc) is 3.04. The largest absolute Gasteiger partial charge is 0.370 e. The van der Waals surface area contributed by atoms with Crippen molar-refractivity contribution in [2.45, 2.75) is 44.6 Å². The van der Waals surface area contributed by atoms with E-state index in [9.17, 15) is 13.2 Å². The summed E-state index contributed by atoms with van der Waals surface area (Å²) in [5, 5.41) is 9.00. The van der Waals surface area contributed by atoms with Gasteiger partial charge in [-0.05, 0) is 62.1 Å². The molecule has 2 aromatic rings. The first-order valence-corrected chi connectivity index (χ1v) is 12.8. The molecule has 176 valence electrons. The minimum Gasteiger partial charge on any atom is -0.370 e. The average molecular weight is 469 g/mol. The van der Waals surface area contributed by atoms with E-state index in [2.05, 4.69) is 15.7 Å². The van der Waals surface area contributed by atoms with Crippen molar-refractivity contribution in [1.29, 1.82) is 5.26 Å². The fraction of sp³-hybridized carbons (Fsp3) is 0.440. The molecule has 7 nitrogen and oxygen atoms in total. The van der Waals surface area contributed by atoms with Gasteiger partial charge in [0.15, 0.2) is 0 Å². The highest BCUT2D eigenvalue weighted by Crippen LogP contribution is 2.19. The van der Waals surface area contributed by atoms with Gasteiger partial charge in [0, 0.05) is 31.9 Å². The molecule has 2 aromatic carbocycles. The number of rotatable bonds is 7. The normalized spacial score (nSPS) is 15.7. The SMILES string of the molecule is Cc1ccc(S(=O)(=O)NC(CC(C)C)C(=O)N2CCCN(c3ccc(C#N)cc3)CC2)cc1. The number of anilines is 1. The van der Waals surface area contributed by atoms with Crippen LogP contribution in [0.4, 0.5) is 5.69 Å². The molecule has 33 heavy (non-hydrogen) atoms. The molecule has 1 heterocycles. The Morgan fingerprint density at radius 1 is 1.03 bits per heavy atom. The summed E-state index contributed by atoms with van der Waals surface area (Å²) in [6.45, 7) is 8.39. The van der Waals surface area contributed by atoms with E-state index in [0.717, 1.165) is 24.2 Å². The second-order valence-corrected chi connectivity index (χ2v) is 10.7. The predicted molar refractivity (Wildman–Crippen MR) is 129 cm³/mol. The number of nitriles is 1. The summed E-state index contributed by atoms with van der Waals surface area (Å²) in [4.78, 5) is 17.6. The number of benzene rings is 2. The number of nitrogens with one attached hydrogen (secondary N) is 1. The maximum absolute atomic E-state index is 13.4. The fourth-order valence-corrected chi connectivity index (χ4v) is 5.21. The first-order chi connectivity index (χ1) is 15.7. The van der Waals surface area contributed by atoms with Crippen LogP contribution >= 0.6 is 0 Å². The van der Waals surface area contributed by atoms with Crippen LogP contribution in [0.2, 0.25) is 0 Å². The molecule has 3 rings (SSSR count). The van der Waals surface area contributed by atoms with Crippen LogP contribution in [-0.4, -0.2) is 51.4 Å². The van der Waals surface area contributed by atoms with Crippen molar-refractivity contribution in [1.82, 2.24) is 9.62 Å². The van der Waals surface area contributed by atoms with E-state index in [0.29, 0.717) is 31.6 Å². The highest BCUT2D eigenvalue weighted by atomic mass is 32.2. The Balaban J connectivity index is 1.72. The molecule has 1 N–H and O–H groups in total. The van der Waals surface area contributed by atoms with Crippen LogP contribution in [0.25, 0.3) is 0 Å². The monoisotopic (exact) mass is 468 g/mol. The molecule has 1 atom stereocenters. The Kier molecular flexibility index (Phi) is 8.11. The van der Waals surface area contributed by atoms with Gasteiger partial charge in [-0.1, -0.05) is 31.5 Å². The minimum absolute atomic E-state index is 0.154. The van der Waals surface area contributed by atoms with Gasteiger partial charge >= 0.3 is 0 Å². The topological polar surface area (TPSA) is 93.5 Å². The van der Waals surface area contributed by atoms with E-state index in [1.165, 1.54) is 0 Å². The molecule has 1 aliphatic rings. The van der Waals surface area contributed by atoms with Crippen molar-refractivity contribution >= 4 is 21.6 Å². The van der Waals surface area contributed by atoms with E-state index in [1.54, 1.807) is 41.3 Å². The zero-order valence-electron chi connectivity index (χ0n) is 19.5. The minimum atomic E-state index is -3.81. The quantitative estimate of drug-likeness (QED) is 0.673. The Bertz CT molecular complexity index is 1090. The van der Waals surface area contributed by atoms with Gasteiger partial charge < -0.3 is 9.80 Å². The molecule has 1 amide bonds. The van der Waals surface area contributed by atoms with Crippen LogP contribution in [0.3, 0.4) is 0 Å². The van der Waals surface area contributed by atoms with Gasteiger partial charge in [-0.25, -0.2) is 8.42 Å². The van der Waals surface area contributed by atoms with Gasteiger partial charge in [0.05, 0.1) is 16.5 Å². The molecule has 1 saturated heterocycles. The number of sulfonamides is 1. The van der Waals surface area contributed by atoms with Gasteiger partial charge in [0.1, 0.15) is 6.04 Å². The molecular weight excluding hydrogens is 436 g/mol. The number of carbonyl (C=O) groups excluding carboxylic acids is 1. The number of amides is 1. The van der Waals surface area contributed by atoms with Gasteiger partial charge in [-0.3, -0.25) is 4.79 Å². The van der Waals surface area contributed by atoms with Gasteiger partial charge in [-0.15, -0.1) is 0 Å². The number of hydrogen-bond acceptors (Lipinski definition) is 5. The lowest BCUT2D eigenvalue weighted by atomic mass is 10.0. The smallest absolute Gasteiger partial charge is 0.241 e. The van der Waals surface area contributed by atoms with Crippen molar-refractivity contribution < 1.29 is 13.2 Å². The van der Waals surface area contributed by atoms with E-state index < -0.39 is 16.1 Å². The molecule has 1 aliphatic heterocycles. The summed E-state index contributed by atoms with van der Waals surface area (Å²) >= 11 is 0. The van der Waals surface area contributed by atoms with Crippen LogP contribution in [0.5, 0.6) is 0 Å². The molecule has 0 aromatic heterocycles. The predicted octanol–water partition coefficient (Wildman–Crippen LogP) is 3.30. The van der Waals surface area contributed by atoms with Crippen molar-refractivity contribution in [2.75, 3.05) is 31.1 Å². The summed E-state index contributed by atoms with van der Waals surface area (Å²) in [5.41, 5.74) is 2.60. The highest BCUT2D eigenvalue weighted by molar-refractivity contribution is 7.89. The van der Waals surface area contributed by atoms with Gasteiger partial charge in [-0.2, -0.15) is 9.98 Å². The Hall–Kier alpha value is -2.89. The van der Waals surface area contributed by atoms with Crippen molar-refractivity contribution in [2.24, 2.45) is 5.92 Å². The molecule has 0 spiro atoms. The first-order valence-electron chi connectivity index (χ1n) is 11.3. The third kappa shape index (κ3) is 6.56. The summed E-state index contributed by atoms with van der Waals surface area (Å²) in [6.07, 6.45) is 1.21. The third-order valence-corrected chi connectivity index (χ3v) is 7.29. The van der Waals surface area contributed by atoms with Crippen LogP contribution in [-0.2, 0) is 14.8 Å². The zero-order valence-corrected chi connectivity index (χ0v) is 20.3. The zero-order chi connectivity index (χ0) is 24.0. The lowest BCUT2D eigenvalue weighted by Gasteiger charge is -2.28. The maximum atomic E-state index is 13.4. The molecule has 0 aliphatic carbocycles. The fourth-order valence-electron chi connectivity index (χ4n) is 4.01. The van der Waals surface area contributed by atoms with E-state index >= 15 is 0 Å². The molecule has 8 heteroatoms. The lowest BCUT2D eigenvalue weighted by molar-refractivity contribution is -0.133. The van der Waals surface area contributed by atoms with E-state index in [4.69, 9.17) is 5.26 Å². The van der Waals surface area contributed by atoms with Crippen LogP contribution in [0.1, 0.15) is 37.8 Å². The Morgan fingerprint density at radius 2 is 1.70 bits per heavy atom. The maximum Gasteiger partial charge on any atom is 0.241 e. The van der Waals surface area contributed by atoms with Crippen LogP contribution < -0.4 is 9.62 Å². The van der Waals surface area contributed by atoms with Crippen LogP contribution in [0.15, 0.2) is 53.4 Å². The molecular formula is C25H32N4O3S. The Labute approximate surface area is 197 Å². The van der Waals surface area contributed by atoms with Crippen LogP contribution in [0, 0.1) is 24.2 Å². The van der Waals surface area contributed by atoms with Crippen molar-refractivity contribution in [3.05, 3.63) is 59.7 Å². The second-order valence-electron chi connectivity index (χ2n) is 8.94. The van der Waals surface area contributed by atoms with Gasteiger partial charge in [0.25, 0.3) is 0 Å². The standard InChI is InChI=1S/C25H32N4O3S/c1-19(2)17-24(27-33(31,32)23-11-5-20(3)6-12-23)25(30)29-14-4-13-28(15-16-29)22-9-7-21(18-26)8-10-22/h5-12,19,24,27H,4,13-17H2,1-3H3. The first kappa shape index (κ1) is 24.7. The molecule has 0 saturated carbocycles. The summed E-state index contributed by atoms with van der Waals surface area (Å²) in [6, 6.07) is 15.4. The number of nitrogens with zero attached hydrogens (tertiary/aromatic N) is 3. The number of carbonyl (C=O) groups is 1. The third-order valence-electron chi connectivity index (χ3n) is 5.80. The molecule has 0 bridgehead atoms. The molecule has 1 unspecified atom stereocenters. The number of hydrogen-bond donors (Lipinski definition) is 1. The molecule has 0 radical (unpaired) electrons. The molecule has 1 fully saturated rings. The summed E-state index contributed by atoms with van der Waals surface area (Å²) < 4.78 is 28.6. The van der Waals surface area contributed by atoms with E-state index in [-0.39, 0.29) is 16.7 Å². The van der Waals surface area contributed by atoms with Gasteiger partial charge in [0.2, 0.25) is 15.9 Å². The highest BCUT2D eigenvalue weighted by Gasteiger charge is 2.31. The van der Waals surface area contributed by atoms with Crippen molar-refractivity contribution in [3.63, 3.8) is 0 Å². The summed E-state index contributed by atoms with van der Waals surface area (Å²) in [7, 11) is -3.81. The Morgan fingerprint density at radius 3 is 2.30 bits per heavy atom. The number of aryl methyl sites for hydroxylation is 1. The summed E-state index contributed by atoms with van der Waals surface area (Å²) in [5.74, 6) is -0.0251. The lowest BCUT2D eigenvalue weighted by Crippen LogP contribution is -2.50. The van der Waals surface area contributed by atoms with Crippen molar-refractivity contribution in [3.8, 4) is 6.07 Å². The van der Waals surface area contributed by atoms with E-state index in [1.807, 2.05) is 32.9 Å².